The number of hydrogen-bond acceptors (Lipinski definition) is 3. The zero-order valence-electron chi connectivity index (χ0n) is 12.8. The number of nitrogens with one attached hydrogen (secondary N) is 1. The molecule has 1 unspecified atom stereocenters. The average molecular weight is 286 g/mol. The monoisotopic (exact) mass is 286 g/mol. The lowest BCUT2D eigenvalue weighted by atomic mass is 10.00. The van der Waals surface area contributed by atoms with Crippen molar-refractivity contribution >= 4 is 17.4 Å². The summed E-state index contributed by atoms with van der Waals surface area (Å²) in [7, 11) is 0. The van der Waals surface area contributed by atoms with E-state index in [1.54, 1.807) is 11.8 Å². The average Bonchev–Trinajstić information content (AvgIpc) is 2.37. The molecule has 0 fully saturated rings. The Bertz CT molecular complexity index is 585. The van der Waals surface area contributed by atoms with Crippen LogP contribution in [0.5, 0.6) is 0 Å². The van der Waals surface area contributed by atoms with E-state index in [1.165, 1.54) is 16.0 Å². The van der Waals surface area contributed by atoms with Gasteiger partial charge in [0.2, 0.25) is 0 Å². The summed E-state index contributed by atoms with van der Waals surface area (Å²) in [6.45, 7) is 8.49. The largest absolute Gasteiger partial charge is 0.378 e. The molecule has 2 aromatic rings. The maximum absolute atomic E-state index is 4.59. The molecule has 1 aromatic heterocycles. The molecule has 0 amide bonds. The third-order valence-corrected chi connectivity index (χ3v) is 4.20. The minimum Gasteiger partial charge on any atom is -0.378 e. The van der Waals surface area contributed by atoms with Crippen LogP contribution < -0.4 is 5.32 Å². The number of nitrogens with zero attached hydrogens (tertiary/aromatic N) is 1. The Kier molecular flexibility index (Phi) is 4.71. The number of aryl methyl sites for hydroxylation is 3. The van der Waals surface area contributed by atoms with Crippen LogP contribution in [0.25, 0.3) is 0 Å². The van der Waals surface area contributed by atoms with Crippen LogP contribution in [0.2, 0.25) is 0 Å². The molecule has 0 spiro atoms. The highest BCUT2D eigenvalue weighted by molar-refractivity contribution is 7.98. The molecule has 0 radical (unpaired) electrons. The first-order valence-corrected chi connectivity index (χ1v) is 8.09. The first-order chi connectivity index (χ1) is 9.51. The van der Waals surface area contributed by atoms with E-state index < -0.39 is 0 Å². The fourth-order valence-corrected chi connectivity index (χ4v) is 3.18. The summed E-state index contributed by atoms with van der Waals surface area (Å²) in [5.41, 5.74) is 5.95. The fraction of sp³-hybridized carbons (Fsp3) is 0.353. The molecule has 1 N–H and O–H groups in total. The molecule has 0 saturated carbocycles. The Hall–Kier alpha value is -1.48. The predicted molar refractivity (Wildman–Crippen MR) is 88.7 cm³/mol. The van der Waals surface area contributed by atoms with Crippen LogP contribution in [0.1, 0.15) is 35.5 Å². The maximum Gasteiger partial charge on any atom is 0.0506 e. The third kappa shape index (κ3) is 3.34. The molecular weight excluding hydrogens is 264 g/mol. The number of pyridine rings is 1. The molecule has 0 aliphatic heterocycles. The summed E-state index contributed by atoms with van der Waals surface area (Å²) in [6.07, 6.45) is 2.10. The Labute approximate surface area is 126 Å². The molecule has 3 heteroatoms. The van der Waals surface area contributed by atoms with Crippen molar-refractivity contribution in [3.63, 3.8) is 0 Å². The Balaban J connectivity index is 2.26. The van der Waals surface area contributed by atoms with Crippen molar-refractivity contribution in [1.29, 1.82) is 0 Å². The van der Waals surface area contributed by atoms with E-state index in [-0.39, 0.29) is 6.04 Å². The summed E-state index contributed by atoms with van der Waals surface area (Å²) >= 11 is 1.76. The molecule has 0 aliphatic carbocycles. The first kappa shape index (κ1) is 14.9. The molecule has 2 rings (SSSR count). The molecule has 1 heterocycles. The Morgan fingerprint density at radius 1 is 1.15 bits per heavy atom. The number of benzene rings is 1. The highest BCUT2D eigenvalue weighted by Gasteiger charge is 2.13. The molecule has 1 aromatic carbocycles. The zero-order valence-corrected chi connectivity index (χ0v) is 13.6. The SMILES string of the molecule is CSc1cccc(NC(C)c2c(C)cc(C)nc2C)c1. The third-order valence-electron chi connectivity index (χ3n) is 3.47. The maximum atomic E-state index is 4.59. The number of aromatic nitrogens is 1. The van der Waals surface area contributed by atoms with Gasteiger partial charge in [0.25, 0.3) is 0 Å². The van der Waals surface area contributed by atoms with Gasteiger partial charge in [-0.2, -0.15) is 0 Å². The highest BCUT2D eigenvalue weighted by Crippen LogP contribution is 2.26. The van der Waals surface area contributed by atoms with Gasteiger partial charge in [-0.25, -0.2) is 0 Å². The van der Waals surface area contributed by atoms with Crippen LogP contribution in [-0.4, -0.2) is 11.2 Å². The second-order valence-electron chi connectivity index (χ2n) is 5.18. The lowest BCUT2D eigenvalue weighted by Gasteiger charge is -2.20. The van der Waals surface area contributed by atoms with E-state index in [4.69, 9.17) is 0 Å². The van der Waals surface area contributed by atoms with Crippen molar-refractivity contribution in [3.05, 3.63) is 52.8 Å². The van der Waals surface area contributed by atoms with Crippen molar-refractivity contribution in [3.8, 4) is 0 Å². The van der Waals surface area contributed by atoms with Crippen molar-refractivity contribution in [2.45, 2.75) is 38.6 Å². The van der Waals surface area contributed by atoms with Crippen molar-refractivity contribution < 1.29 is 0 Å². The van der Waals surface area contributed by atoms with Gasteiger partial charge in [0, 0.05) is 22.0 Å². The topological polar surface area (TPSA) is 24.9 Å². The van der Waals surface area contributed by atoms with Crippen LogP contribution in [-0.2, 0) is 0 Å². The van der Waals surface area contributed by atoms with Crippen LogP contribution in [0.3, 0.4) is 0 Å². The predicted octanol–water partition coefficient (Wildman–Crippen LogP) is 4.90. The summed E-state index contributed by atoms with van der Waals surface area (Å²) in [5, 5.41) is 3.58. The highest BCUT2D eigenvalue weighted by atomic mass is 32.2. The van der Waals surface area contributed by atoms with Crippen LogP contribution in [0.4, 0.5) is 5.69 Å². The van der Waals surface area contributed by atoms with E-state index >= 15 is 0 Å². The normalized spacial score (nSPS) is 12.2. The number of thioether (sulfide) groups is 1. The Morgan fingerprint density at radius 2 is 1.90 bits per heavy atom. The number of hydrogen-bond donors (Lipinski definition) is 1. The van der Waals surface area contributed by atoms with Crippen LogP contribution >= 0.6 is 11.8 Å². The van der Waals surface area contributed by atoms with Crippen molar-refractivity contribution in [1.82, 2.24) is 4.98 Å². The fourth-order valence-electron chi connectivity index (χ4n) is 2.72. The van der Waals surface area contributed by atoms with Crippen molar-refractivity contribution in [2.24, 2.45) is 0 Å². The van der Waals surface area contributed by atoms with E-state index in [9.17, 15) is 0 Å². The van der Waals surface area contributed by atoms with Gasteiger partial charge in [-0.3, -0.25) is 4.98 Å². The van der Waals surface area contributed by atoms with Gasteiger partial charge < -0.3 is 5.32 Å². The van der Waals surface area contributed by atoms with Gasteiger partial charge in [0.1, 0.15) is 0 Å². The molecule has 1 atom stereocenters. The molecule has 0 saturated heterocycles. The molecule has 20 heavy (non-hydrogen) atoms. The zero-order chi connectivity index (χ0) is 14.7. The van der Waals surface area contributed by atoms with Gasteiger partial charge in [0.15, 0.2) is 0 Å². The smallest absolute Gasteiger partial charge is 0.0506 e. The van der Waals surface area contributed by atoms with Crippen LogP contribution in [0.15, 0.2) is 35.2 Å². The molecular formula is C17H22N2S. The molecule has 2 nitrogen and oxygen atoms in total. The van der Waals surface area contributed by atoms with Gasteiger partial charge >= 0.3 is 0 Å². The van der Waals surface area contributed by atoms with Crippen molar-refractivity contribution in [2.75, 3.05) is 11.6 Å². The first-order valence-electron chi connectivity index (χ1n) is 6.86. The summed E-state index contributed by atoms with van der Waals surface area (Å²) in [5.74, 6) is 0. The van der Waals surface area contributed by atoms with Crippen LogP contribution in [0, 0.1) is 20.8 Å². The standard InChI is InChI=1S/C17H22N2S/c1-11-9-12(2)18-13(3)17(11)14(4)19-15-7-6-8-16(10-15)20-5/h6-10,14,19H,1-5H3. The van der Waals surface area contributed by atoms with E-state index in [0.29, 0.717) is 0 Å². The Morgan fingerprint density at radius 3 is 2.55 bits per heavy atom. The quantitative estimate of drug-likeness (QED) is 0.809. The van der Waals surface area contributed by atoms with Gasteiger partial charge in [-0.05, 0) is 69.3 Å². The van der Waals surface area contributed by atoms with E-state index in [2.05, 4.69) is 67.7 Å². The second-order valence-corrected chi connectivity index (χ2v) is 6.06. The minimum atomic E-state index is 0.250. The van der Waals surface area contributed by atoms with Gasteiger partial charge in [-0.15, -0.1) is 11.8 Å². The number of rotatable bonds is 4. The number of anilines is 1. The summed E-state index contributed by atoms with van der Waals surface area (Å²) < 4.78 is 0. The van der Waals surface area contributed by atoms with E-state index in [0.717, 1.165) is 17.1 Å². The lowest BCUT2D eigenvalue weighted by molar-refractivity contribution is 0.842. The summed E-state index contributed by atoms with van der Waals surface area (Å²) in [4.78, 5) is 5.86. The van der Waals surface area contributed by atoms with Gasteiger partial charge in [-0.1, -0.05) is 6.07 Å². The lowest BCUT2D eigenvalue weighted by Crippen LogP contribution is -2.11. The second kappa shape index (κ2) is 6.31. The molecule has 0 aliphatic rings. The molecule has 0 bridgehead atoms. The molecule has 106 valence electrons. The van der Waals surface area contributed by atoms with E-state index in [1.807, 2.05) is 6.92 Å². The van der Waals surface area contributed by atoms with Gasteiger partial charge in [0.05, 0.1) is 6.04 Å². The summed E-state index contributed by atoms with van der Waals surface area (Å²) in [6, 6.07) is 10.9. The minimum absolute atomic E-state index is 0.250.